The molecule has 1 unspecified atom stereocenters. The van der Waals surface area contributed by atoms with Crippen LogP contribution in [0, 0.1) is 0 Å². The van der Waals surface area contributed by atoms with Crippen molar-refractivity contribution >= 4 is 27.3 Å². The molecule has 0 radical (unpaired) electrons. The molecular weight excluding hydrogens is 264 g/mol. The van der Waals surface area contributed by atoms with Gasteiger partial charge in [-0.15, -0.1) is 0 Å². The van der Waals surface area contributed by atoms with Gasteiger partial charge in [0.2, 0.25) is 0 Å². The zero-order valence-corrected chi connectivity index (χ0v) is 11.3. The van der Waals surface area contributed by atoms with Gasteiger partial charge in [-0.3, -0.25) is 0 Å². The lowest BCUT2D eigenvalue weighted by atomic mass is 9.99. The minimum Gasteiger partial charge on any atom is -0.399 e. The first-order valence-corrected chi connectivity index (χ1v) is 6.83. The van der Waals surface area contributed by atoms with Crippen LogP contribution in [0.1, 0.15) is 32.6 Å². The fourth-order valence-electron chi connectivity index (χ4n) is 2.50. The summed E-state index contributed by atoms with van der Waals surface area (Å²) in [6, 6.07) is 6.81. The van der Waals surface area contributed by atoms with E-state index in [9.17, 15) is 0 Å². The fourth-order valence-corrected chi connectivity index (χ4v) is 3.12. The summed E-state index contributed by atoms with van der Waals surface area (Å²) in [5, 5.41) is 0. The Balaban J connectivity index is 2.27. The van der Waals surface area contributed by atoms with Gasteiger partial charge in [-0.05, 0) is 59.8 Å². The Hall–Kier alpha value is -0.700. The molecule has 0 spiro atoms. The summed E-state index contributed by atoms with van der Waals surface area (Å²) >= 11 is 3.62. The van der Waals surface area contributed by atoms with Gasteiger partial charge in [-0.1, -0.05) is 6.92 Å². The van der Waals surface area contributed by atoms with Gasteiger partial charge < -0.3 is 10.6 Å². The van der Waals surface area contributed by atoms with Crippen molar-refractivity contribution in [3.8, 4) is 0 Å². The normalized spacial score (nSPS) is 21.1. The number of nitrogens with zero attached hydrogens (tertiary/aromatic N) is 1. The van der Waals surface area contributed by atoms with Gasteiger partial charge in [-0.2, -0.15) is 0 Å². The number of nitrogen functional groups attached to an aromatic ring is 1. The quantitative estimate of drug-likeness (QED) is 0.836. The molecule has 0 amide bonds. The molecule has 2 N–H and O–H groups in total. The minimum atomic E-state index is 0.689. The number of hydrogen-bond donors (Lipinski definition) is 1. The third kappa shape index (κ3) is 2.34. The third-order valence-electron chi connectivity index (χ3n) is 3.38. The Kier molecular flexibility index (Phi) is 3.74. The highest BCUT2D eigenvalue weighted by Gasteiger charge is 2.22. The molecular formula is C13H19BrN2. The number of halogens is 1. The van der Waals surface area contributed by atoms with Gasteiger partial charge >= 0.3 is 0 Å². The van der Waals surface area contributed by atoms with Crippen LogP contribution in [0.3, 0.4) is 0 Å². The van der Waals surface area contributed by atoms with E-state index in [2.05, 4.69) is 33.8 Å². The summed E-state index contributed by atoms with van der Waals surface area (Å²) in [6.07, 6.45) is 5.19. The van der Waals surface area contributed by atoms with E-state index < -0.39 is 0 Å². The first-order valence-electron chi connectivity index (χ1n) is 6.04. The van der Waals surface area contributed by atoms with Crippen LogP contribution in [0.2, 0.25) is 0 Å². The van der Waals surface area contributed by atoms with E-state index in [0.717, 1.165) is 10.2 Å². The molecule has 1 heterocycles. The molecule has 1 atom stereocenters. The molecule has 0 aromatic heterocycles. The maximum absolute atomic E-state index is 5.78. The summed E-state index contributed by atoms with van der Waals surface area (Å²) in [5.41, 5.74) is 7.89. The number of piperidine rings is 1. The molecule has 1 saturated heterocycles. The number of benzene rings is 1. The summed E-state index contributed by atoms with van der Waals surface area (Å²) in [5.74, 6) is 0. The van der Waals surface area contributed by atoms with Crippen molar-refractivity contribution in [2.45, 2.75) is 38.6 Å². The van der Waals surface area contributed by atoms with Crippen LogP contribution in [0.4, 0.5) is 11.4 Å². The monoisotopic (exact) mass is 282 g/mol. The lowest BCUT2D eigenvalue weighted by Gasteiger charge is -2.37. The Morgan fingerprint density at radius 1 is 1.44 bits per heavy atom. The molecule has 1 aliphatic heterocycles. The SMILES string of the molecule is CCC1CCCCN1c1ccc(N)cc1Br. The number of anilines is 2. The first-order chi connectivity index (χ1) is 7.72. The summed E-state index contributed by atoms with van der Waals surface area (Å²) in [7, 11) is 0. The minimum absolute atomic E-state index is 0.689. The highest BCUT2D eigenvalue weighted by atomic mass is 79.9. The Labute approximate surface area is 106 Å². The summed E-state index contributed by atoms with van der Waals surface area (Å²) in [6.45, 7) is 3.44. The number of hydrogen-bond acceptors (Lipinski definition) is 2. The highest BCUT2D eigenvalue weighted by Crippen LogP contribution is 2.33. The molecule has 2 rings (SSSR count). The molecule has 1 aromatic rings. The van der Waals surface area contributed by atoms with E-state index in [0.29, 0.717) is 6.04 Å². The second-order valence-electron chi connectivity index (χ2n) is 4.46. The van der Waals surface area contributed by atoms with E-state index in [1.165, 1.54) is 37.9 Å². The van der Waals surface area contributed by atoms with Crippen molar-refractivity contribution in [3.63, 3.8) is 0 Å². The zero-order valence-electron chi connectivity index (χ0n) is 9.75. The van der Waals surface area contributed by atoms with Crippen LogP contribution in [0.5, 0.6) is 0 Å². The number of rotatable bonds is 2. The van der Waals surface area contributed by atoms with E-state index in [4.69, 9.17) is 5.73 Å². The molecule has 1 aliphatic rings. The molecule has 0 aliphatic carbocycles. The van der Waals surface area contributed by atoms with E-state index >= 15 is 0 Å². The second-order valence-corrected chi connectivity index (χ2v) is 5.32. The van der Waals surface area contributed by atoms with Crippen molar-refractivity contribution < 1.29 is 0 Å². The van der Waals surface area contributed by atoms with Crippen molar-refractivity contribution in [1.82, 2.24) is 0 Å². The van der Waals surface area contributed by atoms with Gasteiger partial charge in [-0.25, -0.2) is 0 Å². The number of nitrogens with two attached hydrogens (primary N) is 1. The van der Waals surface area contributed by atoms with Gasteiger partial charge in [0.05, 0.1) is 5.69 Å². The molecule has 88 valence electrons. The van der Waals surface area contributed by atoms with Gasteiger partial charge in [0.25, 0.3) is 0 Å². The third-order valence-corrected chi connectivity index (χ3v) is 4.01. The van der Waals surface area contributed by atoms with Crippen molar-refractivity contribution in [3.05, 3.63) is 22.7 Å². The summed E-state index contributed by atoms with van der Waals surface area (Å²) in [4.78, 5) is 2.52. The standard InChI is InChI=1S/C13H19BrN2/c1-2-11-5-3-4-8-16(11)13-7-6-10(15)9-12(13)14/h6-7,9,11H,2-5,8,15H2,1H3. The predicted molar refractivity (Wildman–Crippen MR) is 73.8 cm³/mol. The molecule has 3 heteroatoms. The van der Waals surface area contributed by atoms with Crippen molar-refractivity contribution in [2.24, 2.45) is 0 Å². The van der Waals surface area contributed by atoms with Crippen molar-refractivity contribution in [2.75, 3.05) is 17.2 Å². The lowest BCUT2D eigenvalue weighted by molar-refractivity contribution is 0.449. The maximum atomic E-state index is 5.78. The molecule has 1 aromatic carbocycles. The average molecular weight is 283 g/mol. The lowest BCUT2D eigenvalue weighted by Crippen LogP contribution is -2.39. The van der Waals surface area contributed by atoms with Gasteiger partial charge in [0.15, 0.2) is 0 Å². The first kappa shape index (κ1) is 11.8. The van der Waals surface area contributed by atoms with Crippen LogP contribution in [-0.4, -0.2) is 12.6 Å². The van der Waals surface area contributed by atoms with Gasteiger partial charge in [0.1, 0.15) is 0 Å². The highest BCUT2D eigenvalue weighted by molar-refractivity contribution is 9.10. The van der Waals surface area contributed by atoms with Crippen LogP contribution in [0.25, 0.3) is 0 Å². The van der Waals surface area contributed by atoms with E-state index in [-0.39, 0.29) is 0 Å². The fraction of sp³-hybridized carbons (Fsp3) is 0.538. The van der Waals surface area contributed by atoms with Crippen molar-refractivity contribution in [1.29, 1.82) is 0 Å². The average Bonchev–Trinajstić information content (AvgIpc) is 2.29. The smallest absolute Gasteiger partial charge is 0.0514 e. The van der Waals surface area contributed by atoms with Crippen LogP contribution >= 0.6 is 15.9 Å². The molecule has 16 heavy (non-hydrogen) atoms. The van der Waals surface area contributed by atoms with Crippen LogP contribution in [0.15, 0.2) is 22.7 Å². The largest absolute Gasteiger partial charge is 0.399 e. The summed E-state index contributed by atoms with van der Waals surface area (Å²) < 4.78 is 1.12. The van der Waals surface area contributed by atoms with E-state index in [1.54, 1.807) is 0 Å². The van der Waals surface area contributed by atoms with Crippen LogP contribution in [-0.2, 0) is 0 Å². The Morgan fingerprint density at radius 2 is 2.25 bits per heavy atom. The second kappa shape index (κ2) is 5.09. The topological polar surface area (TPSA) is 29.3 Å². The van der Waals surface area contributed by atoms with Crippen LogP contribution < -0.4 is 10.6 Å². The Morgan fingerprint density at radius 3 is 2.94 bits per heavy atom. The molecule has 0 saturated carbocycles. The van der Waals surface area contributed by atoms with Gasteiger partial charge in [0, 0.05) is 22.7 Å². The predicted octanol–water partition coefficient (Wildman–Crippen LogP) is 3.80. The van der Waals surface area contributed by atoms with E-state index in [1.807, 2.05) is 12.1 Å². The molecule has 1 fully saturated rings. The Bertz CT molecular complexity index is 365. The zero-order chi connectivity index (χ0) is 11.5. The molecule has 2 nitrogen and oxygen atoms in total. The maximum Gasteiger partial charge on any atom is 0.0514 e. The molecule has 0 bridgehead atoms.